The maximum atomic E-state index is 10.6. The van der Waals surface area contributed by atoms with E-state index in [2.05, 4.69) is 24.4 Å². The molecule has 0 aromatic heterocycles. The molecule has 0 saturated heterocycles. The number of unbranched alkanes of at least 4 members (excludes halogenated alkanes) is 1. The number of hydrogen-bond acceptors (Lipinski definition) is 3. The summed E-state index contributed by atoms with van der Waals surface area (Å²) >= 11 is 0. The third-order valence-corrected chi connectivity index (χ3v) is 3.05. The van der Waals surface area contributed by atoms with E-state index >= 15 is 0 Å². The SMILES string of the molecule is CC(C)Oc1ccc(C(C)NCCCCC(N)=O)cc1. The van der Waals surface area contributed by atoms with Crippen LogP contribution in [0.1, 0.15) is 51.6 Å². The standard InChI is InChI=1S/C16H26N2O2/c1-12(2)20-15-9-7-14(8-10-15)13(3)18-11-5-4-6-16(17)19/h7-10,12-13,18H,4-6,11H2,1-3H3,(H2,17,19). The summed E-state index contributed by atoms with van der Waals surface area (Å²) < 4.78 is 5.62. The fourth-order valence-electron chi connectivity index (χ4n) is 1.97. The van der Waals surface area contributed by atoms with E-state index in [4.69, 9.17) is 10.5 Å². The zero-order valence-corrected chi connectivity index (χ0v) is 12.7. The number of carbonyl (C=O) groups excluding carboxylic acids is 1. The van der Waals surface area contributed by atoms with E-state index in [1.807, 2.05) is 26.0 Å². The van der Waals surface area contributed by atoms with Crippen LogP contribution in [0.15, 0.2) is 24.3 Å². The van der Waals surface area contributed by atoms with E-state index in [-0.39, 0.29) is 18.1 Å². The van der Waals surface area contributed by atoms with Gasteiger partial charge in [-0.25, -0.2) is 0 Å². The Morgan fingerprint density at radius 3 is 2.40 bits per heavy atom. The first-order valence-corrected chi connectivity index (χ1v) is 7.27. The van der Waals surface area contributed by atoms with Crippen molar-refractivity contribution in [1.29, 1.82) is 0 Å². The minimum absolute atomic E-state index is 0.196. The van der Waals surface area contributed by atoms with E-state index < -0.39 is 0 Å². The minimum atomic E-state index is -0.223. The van der Waals surface area contributed by atoms with Crippen LogP contribution in [-0.2, 0) is 4.79 Å². The van der Waals surface area contributed by atoms with Gasteiger partial charge in [-0.3, -0.25) is 4.79 Å². The van der Waals surface area contributed by atoms with E-state index in [9.17, 15) is 4.79 Å². The molecule has 4 heteroatoms. The average Bonchev–Trinajstić information content (AvgIpc) is 2.38. The molecule has 0 aliphatic rings. The Labute approximate surface area is 121 Å². The normalized spacial score (nSPS) is 12.4. The van der Waals surface area contributed by atoms with Crippen molar-refractivity contribution in [1.82, 2.24) is 5.32 Å². The third-order valence-electron chi connectivity index (χ3n) is 3.05. The second-order valence-corrected chi connectivity index (χ2v) is 5.33. The number of nitrogens with two attached hydrogens (primary N) is 1. The van der Waals surface area contributed by atoms with Crippen molar-refractivity contribution in [2.24, 2.45) is 5.73 Å². The molecule has 1 amide bonds. The monoisotopic (exact) mass is 278 g/mol. The van der Waals surface area contributed by atoms with Gasteiger partial charge in [-0.05, 0) is 57.9 Å². The first-order chi connectivity index (χ1) is 9.49. The lowest BCUT2D eigenvalue weighted by Crippen LogP contribution is -2.20. The van der Waals surface area contributed by atoms with Gasteiger partial charge in [0.15, 0.2) is 0 Å². The predicted octanol–water partition coefficient (Wildman–Crippen LogP) is 2.78. The van der Waals surface area contributed by atoms with Crippen molar-refractivity contribution in [2.45, 2.75) is 52.2 Å². The number of nitrogens with one attached hydrogen (secondary N) is 1. The van der Waals surface area contributed by atoms with Crippen LogP contribution in [0, 0.1) is 0 Å². The largest absolute Gasteiger partial charge is 0.491 e. The van der Waals surface area contributed by atoms with Crippen LogP contribution in [0.4, 0.5) is 0 Å². The molecule has 3 N–H and O–H groups in total. The molecule has 0 aliphatic heterocycles. The molecule has 1 atom stereocenters. The zero-order valence-electron chi connectivity index (χ0n) is 12.7. The Kier molecular flexibility index (Phi) is 7.09. The van der Waals surface area contributed by atoms with Crippen LogP contribution < -0.4 is 15.8 Å². The molecule has 112 valence electrons. The van der Waals surface area contributed by atoms with Gasteiger partial charge < -0.3 is 15.8 Å². The maximum absolute atomic E-state index is 10.6. The van der Waals surface area contributed by atoms with Crippen LogP contribution in [-0.4, -0.2) is 18.6 Å². The maximum Gasteiger partial charge on any atom is 0.217 e. The van der Waals surface area contributed by atoms with Crippen molar-refractivity contribution in [3.8, 4) is 5.75 Å². The van der Waals surface area contributed by atoms with Gasteiger partial charge in [0.25, 0.3) is 0 Å². The topological polar surface area (TPSA) is 64.3 Å². The van der Waals surface area contributed by atoms with Crippen LogP contribution in [0.5, 0.6) is 5.75 Å². The zero-order chi connectivity index (χ0) is 15.0. The molecule has 1 unspecified atom stereocenters. The van der Waals surface area contributed by atoms with Gasteiger partial charge in [-0.2, -0.15) is 0 Å². The summed E-state index contributed by atoms with van der Waals surface area (Å²) in [5, 5.41) is 3.44. The molecule has 0 radical (unpaired) electrons. The summed E-state index contributed by atoms with van der Waals surface area (Å²) in [6, 6.07) is 8.45. The second-order valence-electron chi connectivity index (χ2n) is 5.33. The van der Waals surface area contributed by atoms with Gasteiger partial charge in [0.2, 0.25) is 5.91 Å². The van der Waals surface area contributed by atoms with Crippen molar-refractivity contribution in [3.63, 3.8) is 0 Å². The number of benzene rings is 1. The van der Waals surface area contributed by atoms with Gasteiger partial charge >= 0.3 is 0 Å². The number of rotatable bonds is 9. The number of ether oxygens (including phenoxy) is 1. The minimum Gasteiger partial charge on any atom is -0.491 e. The molecule has 0 spiro atoms. The second kappa shape index (κ2) is 8.59. The van der Waals surface area contributed by atoms with Crippen LogP contribution in [0.2, 0.25) is 0 Å². The quantitative estimate of drug-likeness (QED) is 0.683. The molecule has 4 nitrogen and oxygen atoms in total. The lowest BCUT2D eigenvalue weighted by Gasteiger charge is -2.15. The smallest absolute Gasteiger partial charge is 0.217 e. The van der Waals surface area contributed by atoms with Crippen molar-refractivity contribution >= 4 is 5.91 Å². The fraction of sp³-hybridized carbons (Fsp3) is 0.562. The summed E-state index contributed by atoms with van der Waals surface area (Å²) in [7, 11) is 0. The van der Waals surface area contributed by atoms with Crippen molar-refractivity contribution in [2.75, 3.05) is 6.54 Å². The predicted molar refractivity (Wildman–Crippen MR) is 81.7 cm³/mol. The molecule has 1 aromatic rings. The van der Waals surface area contributed by atoms with Crippen LogP contribution in [0.25, 0.3) is 0 Å². The number of carbonyl (C=O) groups is 1. The van der Waals surface area contributed by atoms with E-state index in [0.29, 0.717) is 6.42 Å². The third kappa shape index (κ3) is 6.57. The highest BCUT2D eigenvalue weighted by atomic mass is 16.5. The first-order valence-electron chi connectivity index (χ1n) is 7.27. The van der Waals surface area contributed by atoms with Gasteiger partial charge in [0.1, 0.15) is 5.75 Å². The molecule has 0 heterocycles. The molecule has 1 aromatic carbocycles. The summed E-state index contributed by atoms with van der Waals surface area (Å²) in [6.45, 7) is 7.05. The fourth-order valence-corrected chi connectivity index (χ4v) is 1.97. The highest BCUT2D eigenvalue weighted by Gasteiger charge is 2.05. The molecular weight excluding hydrogens is 252 g/mol. The Balaban J connectivity index is 2.32. The summed E-state index contributed by atoms with van der Waals surface area (Å²) in [4.78, 5) is 10.6. The summed E-state index contributed by atoms with van der Waals surface area (Å²) in [5.74, 6) is 0.677. The lowest BCUT2D eigenvalue weighted by atomic mass is 10.1. The molecule has 1 rings (SSSR count). The van der Waals surface area contributed by atoms with Crippen LogP contribution >= 0.6 is 0 Å². The molecule has 0 bridgehead atoms. The lowest BCUT2D eigenvalue weighted by molar-refractivity contribution is -0.118. The van der Waals surface area contributed by atoms with Crippen molar-refractivity contribution in [3.05, 3.63) is 29.8 Å². The highest BCUT2D eigenvalue weighted by molar-refractivity contribution is 5.73. The van der Waals surface area contributed by atoms with Gasteiger partial charge in [0.05, 0.1) is 6.10 Å². The average molecular weight is 278 g/mol. The number of primary amides is 1. The first kappa shape index (κ1) is 16.5. The summed E-state index contributed by atoms with van der Waals surface area (Å²) in [6.07, 6.45) is 2.47. The Bertz CT molecular complexity index is 401. The van der Waals surface area contributed by atoms with Crippen molar-refractivity contribution < 1.29 is 9.53 Å². The van der Waals surface area contributed by atoms with Gasteiger partial charge in [-0.15, -0.1) is 0 Å². The van der Waals surface area contributed by atoms with Gasteiger partial charge in [0, 0.05) is 12.5 Å². The summed E-state index contributed by atoms with van der Waals surface area (Å²) in [5.41, 5.74) is 6.34. The molecule has 0 fully saturated rings. The van der Waals surface area contributed by atoms with Crippen LogP contribution in [0.3, 0.4) is 0 Å². The molecule has 0 aliphatic carbocycles. The van der Waals surface area contributed by atoms with E-state index in [0.717, 1.165) is 25.1 Å². The Hall–Kier alpha value is -1.55. The number of amides is 1. The van der Waals surface area contributed by atoms with E-state index in [1.54, 1.807) is 0 Å². The Morgan fingerprint density at radius 1 is 1.20 bits per heavy atom. The molecule has 20 heavy (non-hydrogen) atoms. The van der Waals surface area contributed by atoms with E-state index in [1.165, 1.54) is 5.56 Å². The highest BCUT2D eigenvalue weighted by Crippen LogP contribution is 2.18. The molecule has 0 saturated carbocycles. The van der Waals surface area contributed by atoms with Gasteiger partial charge in [-0.1, -0.05) is 12.1 Å². The number of hydrogen-bond donors (Lipinski definition) is 2. The Morgan fingerprint density at radius 2 is 1.85 bits per heavy atom. The molecular formula is C16H26N2O2.